The van der Waals surface area contributed by atoms with E-state index in [9.17, 15) is 9.59 Å². The van der Waals surface area contributed by atoms with Crippen molar-refractivity contribution in [3.63, 3.8) is 0 Å². The summed E-state index contributed by atoms with van der Waals surface area (Å²) in [5.74, 6) is 0.406. The van der Waals surface area contributed by atoms with Crippen molar-refractivity contribution < 1.29 is 9.53 Å². The number of carbonyl (C=O) groups is 1. The van der Waals surface area contributed by atoms with E-state index in [2.05, 4.69) is 36.3 Å². The third-order valence-electron chi connectivity index (χ3n) is 5.34. The van der Waals surface area contributed by atoms with E-state index in [-0.39, 0.29) is 18.0 Å². The summed E-state index contributed by atoms with van der Waals surface area (Å²) in [5.41, 5.74) is 4.67. The van der Waals surface area contributed by atoms with Gasteiger partial charge in [0.05, 0.1) is 18.8 Å². The number of benzene rings is 2. The van der Waals surface area contributed by atoms with E-state index in [0.29, 0.717) is 21.7 Å². The number of nitrogens with zero attached hydrogens (tertiary/aromatic N) is 2. The fraction of sp³-hybridized carbons (Fsp3) is 0.208. The van der Waals surface area contributed by atoms with E-state index in [1.54, 1.807) is 31.4 Å². The summed E-state index contributed by atoms with van der Waals surface area (Å²) in [6.07, 6.45) is 1.44. The largest absolute Gasteiger partial charge is 0.497 e. The van der Waals surface area contributed by atoms with Crippen LogP contribution in [-0.4, -0.2) is 22.6 Å². The van der Waals surface area contributed by atoms with E-state index in [0.717, 1.165) is 16.0 Å². The molecule has 0 bridgehead atoms. The summed E-state index contributed by atoms with van der Waals surface area (Å²) in [6, 6.07) is 13.2. The Morgan fingerprint density at radius 2 is 1.84 bits per heavy atom. The zero-order valence-corrected chi connectivity index (χ0v) is 18.7. The maximum Gasteiger partial charge on any atom is 0.263 e. The molecule has 0 saturated heterocycles. The predicted molar refractivity (Wildman–Crippen MR) is 125 cm³/mol. The molecular formula is C24H23N3O3S. The van der Waals surface area contributed by atoms with Crippen LogP contribution < -0.4 is 15.6 Å². The van der Waals surface area contributed by atoms with Crippen molar-refractivity contribution in [3.8, 4) is 16.9 Å². The van der Waals surface area contributed by atoms with Crippen molar-refractivity contribution in [2.75, 3.05) is 12.4 Å². The van der Waals surface area contributed by atoms with Crippen molar-refractivity contribution in [3.05, 3.63) is 75.1 Å². The lowest BCUT2D eigenvalue weighted by Crippen LogP contribution is -2.27. The number of aryl methyl sites for hydroxylation is 3. The fourth-order valence-electron chi connectivity index (χ4n) is 3.52. The van der Waals surface area contributed by atoms with E-state index in [1.165, 1.54) is 33.4 Å². The first kappa shape index (κ1) is 20.8. The third kappa shape index (κ3) is 4.09. The number of thiophene rings is 1. The van der Waals surface area contributed by atoms with Crippen molar-refractivity contribution in [1.29, 1.82) is 0 Å². The SMILES string of the molecule is COc1ccc(NC(=O)Cn2cnc3sc(C)c(-c4ccc(C)c(C)c4)c3c2=O)cc1. The minimum atomic E-state index is -0.298. The summed E-state index contributed by atoms with van der Waals surface area (Å²) < 4.78 is 6.48. The maximum absolute atomic E-state index is 13.3. The first-order chi connectivity index (χ1) is 14.9. The molecule has 0 saturated carbocycles. The van der Waals surface area contributed by atoms with Gasteiger partial charge < -0.3 is 10.1 Å². The van der Waals surface area contributed by atoms with Crippen LogP contribution in [0, 0.1) is 20.8 Å². The van der Waals surface area contributed by atoms with Gasteiger partial charge >= 0.3 is 0 Å². The number of amides is 1. The van der Waals surface area contributed by atoms with Crippen LogP contribution >= 0.6 is 11.3 Å². The molecule has 2 aromatic carbocycles. The normalized spacial score (nSPS) is 11.0. The highest BCUT2D eigenvalue weighted by molar-refractivity contribution is 7.19. The Hall–Kier alpha value is -3.45. The van der Waals surface area contributed by atoms with E-state index < -0.39 is 0 Å². The predicted octanol–water partition coefficient (Wildman–Crippen LogP) is 4.70. The van der Waals surface area contributed by atoms with Gasteiger partial charge in [-0.1, -0.05) is 18.2 Å². The smallest absolute Gasteiger partial charge is 0.263 e. The first-order valence-corrected chi connectivity index (χ1v) is 10.7. The highest BCUT2D eigenvalue weighted by atomic mass is 32.1. The number of ether oxygens (including phenoxy) is 1. The molecule has 0 aliphatic rings. The molecule has 6 nitrogen and oxygen atoms in total. The minimum absolute atomic E-state index is 0.116. The summed E-state index contributed by atoms with van der Waals surface area (Å²) >= 11 is 1.49. The molecule has 4 aromatic rings. The molecule has 0 aliphatic heterocycles. The van der Waals surface area contributed by atoms with Gasteiger partial charge in [0.2, 0.25) is 5.91 Å². The number of methoxy groups -OCH3 is 1. The number of aromatic nitrogens is 2. The zero-order chi connectivity index (χ0) is 22.1. The van der Waals surface area contributed by atoms with Crippen LogP contribution in [0.1, 0.15) is 16.0 Å². The van der Waals surface area contributed by atoms with Gasteiger partial charge in [-0.05, 0) is 61.7 Å². The van der Waals surface area contributed by atoms with Crippen molar-refractivity contribution >= 4 is 33.1 Å². The van der Waals surface area contributed by atoms with Gasteiger partial charge in [-0.15, -0.1) is 11.3 Å². The van der Waals surface area contributed by atoms with E-state index in [4.69, 9.17) is 4.74 Å². The molecule has 31 heavy (non-hydrogen) atoms. The molecule has 0 fully saturated rings. The van der Waals surface area contributed by atoms with Crippen molar-refractivity contribution in [2.24, 2.45) is 0 Å². The van der Waals surface area contributed by atoms with Gasteiger partial charge in [0.15, 0.2) is 0 Å². The Balaban J connectivity index is 1.67. The quantitative estimate of drug-likeness (QED) is 0.495. The second-order valence-electron chi connectivity index (χ2n) is 7.47. The number of nitrogens with one attached hydrogen (secondary N) is 1. The topological polar surface area (TPSA) is 73.2 Å². The Kier molecular flexibility index (Phi) is 5.61. The molecule has 0 radical (unpaired) electrons. The molecule has 7 heteroatoms. The lowest BCUT2D eigenvalue weighted by atomic mass is 9.99. The van der Waals surface area contributed by atoms with Gasteiger partial charge in [0.25, 0.3) is 5.56 Å². The van der Waals surface area contributed by atoms with Crippen LogP contribution in [0.4, 0.5) is 5.69 Å². The van der Waals surface area contributed by atoms with E-state index >= 15 is 0 Å². The number of carbonyl (C=O) groups excluding carboxylic acids is 1. The highest BCUT2D eigenvalue weighted by Gasteiger charge is 2.18. The van der Waals surface area contributed by atoms with Crippen LogP contribution in [0.2, 0.25) is 0 Å². The second kappa shape index (κ2) is 8.35. The summed E-state index contributed by atoms with van der Waals surface area (Å²) in [7, 11) is 1.58. The van der Waals surface area contributed by atoms with Crippen molar-refractivity contribution in [2.45, 2.75) is 27.3 Å². The monoisotopic (exact) mass is 433 g/mol. The second-order valence-corrected chi connectivity index (χ2v) is 8.67. The fourth-order valence-corrected chi connectivity index (χ4v) is 4.53. The van der Waals surface area contributed by atoms with Gasteiger partial charge in [-0.25, -0.2) is 4.98 Å². The third-order valence-corrected chi connectivity index (χ3v) is 6.35. The van der Waals surface area contributed by atoms with Gasteiger partial charge in [0.1, 0.15) is 17.1 Å². The highest BCUT2D eigenvalue weighted by Crippen LogP contribution is 2.36. The van der Waals surface area contributed by atoms with Gasteiger partial charge in [-0.3, -0.25) is 14.2 Å². The molecule has 0 spiro atoms. The van der Waals surface area contributed by atoms with Crippen LogP contribution in [0.25, 0.3) is 21.3 Å². The summed E-state index contributed by atoms with van der Waals surface area (Å²) in [4.78, 5) is 32.0. The molecule has 0 atom stereocenters. The van der Waals surface area contributed by atoms with Crippen LogP contribution in [-0.2, 0) is 11.3 Å². The molecular weight excluding hydrogens is 410 g/mol. The number of fused-ring (bicyclic) bond motifs is 1. The van der Waals surface area contributed by atoms with Gasteiger partial charge in [0, 0.05) is 16.1 Å². The number of hydrogen-bond acceptors (Lipinski definition) is 5. The number of hydrogen-bond donors (Lipinski definition) is 1. The maximum atomic E-state index is 13.3. The summed E-state index contributed by atoms with van der Waals surface area (Å²) in [5, 5.41) is 3.36. The van der Waals surface area contributed by atoms with Crippen LogP contribution in [0.15, 0.2) is 53.6 Å². The van der Waals surface area contributed by atoms with Crippen molar-refractivity contribution in [1.82, 2.24) is 9.55 Å². The standard InChI is InChI=1S/C24H23N3O3S/c1-14-5-6-17(11-15(14)2)21-16(3)31-23-22(21)24(29)27(13-25-23)12-20(28)26-18-7-9-19(30-4)10-8-18/h5-11,13H,12H2,1-4H3,(H,26,28). The summed E-state index contributed by atoms with van der Waals surface area (Å²) in [6.45, 7) is 6.00. The molecule has 4 rings (SSSR count). The molecule has 1 amide bonds. The lowest BCUT2D eigenvalue weighted by Gasteiger charge is -2.09. The molecule has 158 valence electrons. The Bertz CT molecular complexity index is 1340. The average molecular weight is 434 g/mol. The molecule has 0 aliphatic carbocycles. The zero-order valence-electron chi connectivity index (χ0n) is 17.9. The number of rotatable bonds is 5. The number of anilines is 1. The van der Waals surface area contributed by atoms with Gasteiger partial charge in [-0.2, -0.15) is 0 Å². The molecule has 2 heterocycles. The lowest BCUT2D eigenvalue weighted by molar-refractivity contribution is -0.116. The average Bonchev–Trinajstić information content (AvgIpc) is 3.09. The molecule has 0 unspecified atom stereocenters. The molecule has 2 aromatic heterocycles. The Morgan fingerprint density at radius 1 is 1.10 bits per heavy atom. The van der Waals surface area contributed by atoms with Crippen LogP contribution in [0.5, 0.6) is 5.75 Å². The van der Waals surface area contributed by atoms with E-state index in [1.807, 2.05) is 13.0 Å². The Labute approximate surface area is 184 Å². The molecule has 1 N–H and O–H groups in total. The first-order valence-electron chi connectivity index (χ1n) is 9.87. The van der Waals surface area contributed by atoms with Crippen LogP contribution in [0.3, 0.4) is 0 Å². The Morgan fingerprint density at radius 3 is 2.52 bits per heavy atom. The minimum Gasteiger partial charge on any atom is -0.497 e.